The molecule has 0 amide bonds. The molecule has 0 fully saturated rings. The first-order valence-electron chi connectivity index (χ1n) is 8.55. The molecule has 148 valence electrons. The molecule has 0 saturated heterocycles. The first-order chi connectivity index (χ1) is 13.0. The first-order valence-corrected chi connectivity index (χ1v) is 10.2. The third-order valence-corrected chi connectivity index (χ3v) is 6.91. The van der Waals surface area contributed by atoms with Gasteiger partial charge in [0.25, 0.3) is 5.56 Å². The van der Waals surface area contributed by atoms with Gasteiger partial charge in [0.15, 0.2) is 5.78 Å². The molecule has 3 aromatic heterocycles. The highest BCUT2D eigenvalue weighted by Gasteiger charge is 2.27. The Labute approximate surface area is 169 Å². The van der Waals surface area contributed by atoms with Gasteiger partial charge in [0.1, 0.15) is 27.1 Å². The Hall–Kier alpha value is -2.46. The molecule has 0 saturated carbocycles. The lowest BCUT2D eigenvalue weighted by Crippen LogP contribution is -2.42. The maximum atomic E-state index is 13.0. The van der Waals surface area contributed by atoms with Gasteiger partial charge in [-0.1, -0.05) is 11.8 Å². The minimum Gasteiger partial charge on any atom is -0.384 e. The summed E-state index contributed by atoms with van der Waals surface area (Å²) in [5, 5.41) is 1.01. The van der Waals surface area contributed by atoms with Crippen LogP contribution in [0.25, 0.3) is 10.2 Å². The fourth-order valence-corrected chi connectivity index (χ4v) is 5.17. The van der Waals surface area contributed by atoms with Crippen LogP contribution in [0.3, 0.4) is 0 Å². The van der Waals surface area contributed by atoms with Crippen molar-refractivity contribution in [3.63, 3.8) is 0 Å². The van der Waals surface area contributed by atoms with Gasteiger partial charge in [-0.25, -0.2) is 14.8 Å². The summed E-state index contributed by atoms with van der Waals surface area (Å²) in [4.78, 5) is 48.6. The normalized spacial score (nSPS) is 12.5. The predicted molar refractivity (Wildman–Crippen MR) is 113 cm³/mol. The van der Waals surface area contributed by atoms with Gasteiger partial charge in [-0.3, -0.25) is 18.7 Å². The number of fused-ring (bicyclic) bond motifs is 1. The van der Waals surface area contributed by atoms with Gasteiger partial charge < -0.3 is 5.73 Å². The summed E-state index contributed by atoms with van der Waals surface area (Å²) in [5.74, 6) is 0.0540. The molecule has 3 rings (SSSR count). The Morgan fingerprint density at radius 3 is 2.43 bits per heavy atom. The molecule has 0 bridgehead atoms. The summed E-state index contributed by atoms with van der Waals surface area (Å²) >= 11 is 2.85. The van der Waals surface area contributed by atoms with Crippen LogP contribution in [0, 0.1) is 20.8 Å². The van der Waals surface area contributed by atoms with E-state index >= 15 is 0 Å². The predicted octanol–water partition coefficient (Wildman–Crippen LogP) is 1.96. The molecular formula is C18H21N5O3S2. The SMILES string of the molecule is Cc1nc(S[C@@H](C)C(=O)c2c(N)n(C)c(=O)n(C)c2=O)c2c(C)c(C)sc2n1. The molecule has 1 atom stereocenters. The maximum Gasteiger partial charge on any atom is 0.332 e. The van der Waals surface area contributed by atoms with E-state index in [1.165, 1.54) is 25.9 Å². The third-order valence-electron chi connectivity index (χ3n) is 4.72. The molecule has 0 aromatic carbocycles. The van der Waals surface area contributed by atoms with Crippen molar-refractivity contribution in [2.45, 2.75) is 38.0 Å². The summed E-state index contributed by atoms with van der Waals surface area (Å²) in [6.45, 7) is 7.54. The number of aryl methyl sites for hydroxylation is 3. The van der Waals surface area contributed by atoms with Crippen LogP contribution in [-0.2, 0) is 14.1 Å². The van der Waals surface area contributed by atoms with Crippen molar-refractivity contribution >= 4 is 44.9 Å². The number of aromatic nitrogens is 4. The molecule has 0 aliphatic heterocycles. The number of thioether (sulfide) groups is 1. The Balaban J connectivity index is 2.07. The van der Waals surface area contributed by atoms with Gasteiger partial charge in [0, 0.05) is 24.4 Å². The average molecular weight is 420 g/mol. The lowest BCUT2D eigenvalue weighted by atomic mass is 10.1. The number of Topliss-reactive ketones (excluding diaryl/α,β-unsaturated/α-hetero) is 1. The zero-order chi connectivity index (χ0) is 20.9. The van der Waals surface area contributed by atoms with Gasteiger partial charge in [-0.15, -0.1) is 11.3 Å². The number of nitrogens with zero attached hydrogens (tertiary/aromatic N) is 4. The topological polar surface area (TPSA) is 113 Å². The number of carbonyl (C=O) groups is 1. The second kappa shape index (κ2) is 7.17. The number of carbonyl (C=O) groups excluding carboxylic acids is 1. The van der Waals surface area contributed by atoms with Gasteiger partial charge in [-0.05, 0) is 33.3 Å². The Bertz CT molecular complexity index is 1240. The molecule has 0 spiro atoms. The lowest BCUT2D eigenvalue weighted by Gasteiger charge is -2.15. The largest absolute Gasteiger partial charge is 0.384 e. The van der Waals surface area contributed by atoms with Gasteiger partial charge >= 0.3 is 5.69 Å². The quantitative estimate of drug-likeness (QED) is 0.391. The van der Waals surface area contributed by atoms with Crippen LogP contribution in [0.4, 0.5) is 5.82 Å². The van der Waals surface area contributed by atoms with Crippen molar-refractivity contribution in [3.05, 3.63) is 42.7 Å². The Morgan fingerprint density at radius 2 is 1.79 bits per heavy atom. The highest BCUT2D eigenvalue weighted by molar-refractivity contribution is 8.00. The van der Waals surface area contributed by atoms with Crippen LogP contribution < -0.4 is 17.0 Å². The zero-order valence-electron chi connectivity index (χ0n) is 16.5. The van der Waals surface area contributed by atoms with Crippen molar-refractivity contribution in [1.29, 1.82) is 0 Å². The highest BCUT2D eigenvalue weighted by Crippen LogP contribution is 2.37. The van der Waals surface area contributed by atoms with E-state index in [1.54, 1.807) is 25.2 Å². The summed E-state index contributed by atoms with van der Waals surface area (Å²) in [6, 6.07) is 0. The summed E-state index contributed by atoms with van der Waals surface area (Å²) in [7, 11) is 2.76. The van der Waals surface area contributed by atoms with Crippen LogP contribution in [0.2, 0.25) is 0 Å². The monoisotopic (exact) mass is 419 g/mol. The van der Waals surface area contributed by atoms with Crippen LogP contribution >= 0.6 is 23.1 Å². The fourth-order valence-electron chi connectivity index (χ4n) is 2.92. The standard InChI is InChI=1S/C18H21N5O3S2/c1-7-8(2)27-15-11(7)16(21-10(4)20-15)28-9(3)13(24)12-14(19)22(5)18(26)23(6)17(12)25/h9H,19H2,1-6H3/t9-/m0/s1. The molecule has 8 nitrogen and oxygen atoms in total. The number of nitrogen functional groups attached to an aromatic ring is 1. The van der Waals surface area contributed by atoms with Gasteiger partial charge in [0.2, 0.25) is 0 Å². The minimum absolute atomic E-state index is 0.128. The molecule has 3 aromatic rings. The highest BCUT2D eigenvalue weighted by atomic mass is 32.2. The summed E-state index contributed by atoms with van der Waals surface area (Å²) in [6.07, 6.45) is 0. The van der Waals surface area contributed by atoms with E-state index in [0.29, 0.717) is 10.9 Å². The maximum absolute atomic E-state index is 13.0. The van der Waals surface area contributed by atoms with Crippen molar-refractivity contribution in [3.8, 4) is 0 Å². The molecule has 0 aliphatic carbocycles. The number of ketones is 1. The van der Waals surface area contributed by atoms with Gasteiger partial charge in [-0.2, -0.15) is 0 Å². The van der Waals surface area contributed by atoms with Crippen LogP contribution in [0.5, 0.6) is 0 Å². The smallest absolute Gasteiger partial charge is 0.332 e. The summed E-state index contributed by atoms with van der Waals surface area (Å²) < 4.78 is 1.99. The van der Waals surface area contributed by atoms with Crippen molar-refractivity contribution in [1.82, 2.24) is 19.1 Å². The fraction of sp³-hybridized carbons (Fsp3) is 0.389. The Morgan fingerprint density at radius 1 is 1.14 bits per heavy atom. The number of nitrogens with two attached hydrogens (primary N) is 1. The molecule has 2 N–H and O–H groups in total. The number of hydrogen-bond donors (Lipinski definition) is 1. The second-order valence-electron chi connectivity index (χ2n) is 6.63. The number of hydrogen-bond acceptors (Lipinski definition) is 8. The number of thiophene rings is 1. The molecule has 0 aliphatic rings. The second-order valence-corrected chi connectivity index (χ2v) is 9.16. The van der Waals surface area contributed by atoms with E-state index in [-0.39, 0.29) is 11.4 Å². The van der Waals surface area contributed by atoms with E-state index < -0.39 is 22.3 Å². The average Bonchev–Trinajstić information content (AvgIpc) is 2.92. The molecule has 3 heterocycles. The van der Waals surface area contributed by atoms with Crippen molar-refractivity contribution in [2.24, 2.45) is 14.1 Å². The minimum atomic E-state index is -0.690. The summed E-state index contributed by atoms with van der Waals surface area (Å²) in [5.41, 5.74) is 5.57. The Kier molecular flexibility index (Phi) is 5.20. The van der Waals surface area contributed by atoms with Crippen molar-refractivity contribution in [2.75, 3.05) is 5.73 Å². The number of anilines is 1. The first kappa shape index (κ1) is 20.3. The lowest BCUT2D eigenvalue weighted by molar-refractivity contribution is 0.0992. The van der Waals surface area contributed by atoms with Gasteiger partial charge in [0.05, 0.1) is 5.25 Å². The number of rotatable bonds is 4. The zero-order valence-corrected chi connectivity index (χ0v) is 18.1. The van der Waals surface area contributed by atoms with E-state index in [0.717, 1.165) is 29.8 Å². The third kappa shape index (κ3) is 3.16. The van der Waals surface area contributed by atoms with Crippen molar-refractivity contribution < 1.29 is 4.79 Å². The van der Waals surface area contributed by atoms with E-state index in [2.05, 4.69) is 9.97 Å². The van der Waals surface area contributed by atoms with Crippen LogP contribution in [-0.4, -0.2) is 30.1 Å². The molecule has 0 unspecified atom stereocenters. The molecule has 28 heavy (non-hydrogen) atoms. The van der Waals surface area contributed by atoms with Crippen LogP contribution in [0.1, 0.15) is 33.5 Å². The van der Waals surface area contributed by atoms with E-state index in [4.69, 9.17) is 5.73 Å². The molecule has 0 radical (unpaired) electrons. The molecular weight excluding hydrogens is 398 g/mol. The van der Waals surface area contributed by atoms with Crippen LogP contribution in [0.15, 0.2) is 14.6 Å². The van der Waals surface area contributed by atoms with E-state index in [9.17, 15) is 14.4 Å². The van der Waals surface area contributed by atoms with E-state index in [1.807, 2.05) is 13.8 Å². The molecule has 10 heteroatoms.